The zero-order chi connectivity index (χ0) is 15.5. The van der Waals surface area contributed by atoms with Gasteiger partial charge in [-0.15, -0.1) is 0 Å². The number of piperidine rings is 1. The van der Waals surface area contributed by atoms with E-state index in [2.05, 4.69) is 5.32 Å². The quantitative estimate of drug-likeness (QED) is 0.896. The number of nitrogens with zero attached hydrogens (tertiary/aromatic N) is 1. The minimum Gasteiger partial charge on any atom is -0.493 e. The van der Waals surface area contributed by atoms with Crippen LogP contribution in [-0.2, 0) is 13.0 Å². The van der Waals surface area contributed by atoms with Crippen LogP contribution < -0.4 is 10.1 Å². The van der Waals surface area contributed by atoms with E-state index in [1.807, 2.05) is 12.1 Å². The largest absolute Gasteiger partial charge is 0.493 e. The molecule has 2 N–H and O–H groups in total. The minimum atomic E-state index is -0.0927. The molecule has 6 heteroatoms. The van der Waals surface area contributed by atoms with E-state index in [-0.39, 0.29) is 18.6 Å². The third-order valence-electron chi connectivity index (χ3n) is 4.32. The number of hydrogen-bond donors (Lipinski definition) is 2. The van der Waals surface area contributed by atoms with Gasteiger partial charge >= 0.3 is 6.03 Å². The summed E-state index contributed by atoms with van der Waals surface area (Å²) in [6.45, 7) is 2.57. The summed E-state index contributed by atoms with van der Waals surface area (Å²) in [5, 5.41) is 12.9. The predicted molar refractivity (Wildman–Crippen MR) is 84.3 cm³/mol. The van der Waals surface area contributed by atoms with Gasteiger partial charge in [0.1, 0.15) is 5.75 Å². The van der Waals surface area contributed by atoms with Crippen LogP contribution in [0.25, 0.3) is 0 Å². The molecule has 2 aliphatic rings. The lowest BCUT2D eigenvalue weighted by Gasteiger charge is -2.31. The molecule has 5 nitrogen and oxygen atoms in total. The Bertz CT molecular complexity index is 565. The zero-order valence-corrected chi connectivity index (χ0v) is 13.2. The van der Waals surface area contributed by atoms with Crippen LogP contribution in [0.1, 0.15) is 24.0 Å². The monoisotopic (exact) mass is 324 g/mol. The van der Waals surface area contributed by atoms with Gasteiger partial charge in [0.05, 0.1) is 6.61 Å². The van der Waals surface area contributed by atoms with Gasteiger partial charge in [-0.05, 0) is 36.5 Å². The van der Waals surface area contributed by atoms with E-state index in [1.165, 1.54) is 0 Å². The number of nitrogens with one attached hydrogen (secondary N) is 1. The summed E-state index contributed by atoms with van der Waals surface area (Å²) in [5.41, 5.74) is 2.03. The van der Waals surface area contributed by atoms with Crippen LogP contribution in [0.15, 0.2) is 12.1 Å². The topological polar surface area (TPSA) is 61.8 Å². The molecular formula is C16H21ClN2O3. The lowest BCUT2D eigenvalue weighted by molar-refractivity contribution is 0.129. The van der Waals surface area contributed by atoms with Crippen molar-refractivity contribution in [1.29, 1.82) is 0 Å². The molecule has 0 spiro atoms. The van der Waals surface area contributed by atoms with Crippen molar-refractivity contribution in [3.05, 3.63) is 28.3 Å². The number of ether oxygens (including phenoxy) is 1. The third kappa shape index (κ3) is 3.31. The highest BCUT2D eigenvalue weighted by atomic mass is 35.5. The molecule has 0 radical (unpaired) electrons. The van der Waals surface area contributed by atoms with Crippen molar-refractivity contribution in [2.24, 2.45) is 5.92 Å². The highest BCUT2D eigenvalue weighted by Crippen LogP contribution is 2.32. The minimum absolute atomic E-state index is 0.0927. The molecule has 1 aromatic rings. The van der Waals surface area contributed by atoms with Crippen LogP contribution in [0.4, 0.5) is 4.79 Å². The summed E-state index contributed by atoms with van der Waals surface area (Å²) in [7, 11) is 0. The van der Waals surface area contributed by atoms with Gasteiger partial charge in [0.2, 0.25) is 0 Å². The van der Waals surface area contributed by atoms with E-state index in [9.17, 15) is 9.90 Å². The molecule has 22 heavy (non-hydrogen) atoms. The lowest BCUT2D eigenvalue weighted by atomic mass is 9.99. The van der Waals surface area contributed by atoms with Crippen molar-refractivity contribution in [3.63, 3.8) is 0 Å². The maximum atomic E-state index is 12.3. The number of carbonyl (C=O) groups excluding carboxylic acids is 1. The molecule has 0 unspecified atom stereocenters. The molecule has 120 valence electrons. The normalized spacial score (nSPS) is 20.5. The van der Waals surface area contributed by atoms with Crippen molar-refractivity contribution < 1.29 is 14.6 Å². The zero-order valence-electron chi connectivity index (χ0n) is 12.5. The smallest absolute Gasteiger partial charge is 0.317 e. The molecule has 2 heterocycles. The van der Waals surface area contributed by atoms with Crippen LogP contribution >= 0.6 is 11.6 Å². The van der Waals surface area contributed by atoms with Crippen LogP contribution in [0.2, 0.25) is 5.02 Å². The number of benzene rings is 1. The number of urea groups is 1. The number of hydrogen-bond acceptors (Lipinski definition) is 3. The summed E-state index contributed by atoms with van der Waals surface area (Å²) in [4.78, 5) is 14.1. The highest BCUT2D eigenvalue weighted by Gasteiger charge is 2.24. The Labute approximate surface area is 135 Å². The molecule has 2 amide bonds. The van der Waals surface area contributed by atoms with Gasteiger partial charge < -0.3 is 20.1 Å². The van der Waals surface area contributed by atoms with E-state index in [0.717, 1.165) is 42.7 Å². The second-order valence-electron chi connectivity index (χ2n) is 5.95. The van der Waals surface area contributed by atoms with E-state index in [4.69, 9.17) is 16.3 Å². The molecule has 1 saturated heterocycles. The maximum absolute atomic E-state index is 12.3. The number of halogens is 1. The SMILES string of the molecule is O=C(NCc1cc(Cl)cc2c1OCC2)N1CCC[C@H](CO)C1. The fourth-order valence-corrected chi connectivity index (χ4v) is 3.42. The maximum Gasteiger partial charge on any atom is 0.317 e. The molecule has 1 fully saturated rings. The van der Waals surface area contributed by atoms with E-state index >= 15 is 0 Å². The Morgan fingerprint density at radius 3 is 3.18 bits per heavy atom. The first-order valence-electron chi connectivity index (χ1n) is 7.75. The fraction of sp³-hybridized carbons (Fsp3) is 0.562. The molecule has 1 atom stereocenters. The number of fused-ring (bicyclic) bond motifs is 1. The first-order valence-corrected chi connectivity index (χ1v) is 8.13. The van der Waals surface area contributed by atoms with Gasteiger partial charge in [-0.25, -0.2) is 4.79 Å². The van der Waals surface area contributed by atoms with Gasteiger partial charge in [0.15, 0.2) is 0 Å². The summed E-state index contributed by atoms with van der Waals surface area (Å²) < 4.78 is 5.64. The Balaban J connectivity index is 1.62. The van der Waals surface area contributed by atoms with Crippen LogP contribution in [0.3, 0.4) is 0 Å². The molecule has 0 aromatic heterocycles. The molecule has 3 rings (SSSR count). The van der Waals surface area contributed by atoms with Crippen molar-refractivity contribution in [2.45, 2.75) is 25.8 Å². The summed E-state index contributed by atoms with van der Waals surface area (Å²) in [5.74, 6) is 1.05. The number of likely N-dealkylation sites (tertiary alicyclic amines) is 1. The highest BCUT2D eigenvalue weighted by molar-refractivity contribution is 6.30. The van der Waals surface area contributed by atoms with Gasteiger partial charge in [-0.2, -0.15) is 0 Å². The number of amides is 2. The van der Waals surface area contributed by atoms with E-state index < -0.39 is 0 Å². The molecule has 0 bridgehead atoms. The summed E-state index contributed by atoms with van der Waals surface area (Å²) in [6, 6.07) is 3.68. The molecule has 2 aliphatic heterocycles. The average molecular weight is 325 g/mol. The second-order valence-corrected chi connectivity index (χ2v) is 6.38. The van der Waals surface area contributed by atoms with Crippen molar-refractivity contribution in [2.75, 3.05) is 26.3 Å². The average Bonchev–Trinajstić information content (AvgIpc) is 3.00. The first-order chi connectivity index (χ1) is 10.7. The Hall–Kier alpha value is -1.46. The first kappa shape index (κ1) is 15.4. The fourth-order valence-electron chi connectivity index (χ4n) is 3.16. The van der Waals surface area contributed by atoms with Crippen molar-refractivity contribution in [3.8, 4) is 5.75 Å². The number of rotatable bonds is 3. The number of carbonyl (C=O) groups is 1. The third-order valence-corrected chi connectivity index (χ3v) is 4.54. The molecular weight excluding hydrogens is 304 g/mol. The van der Waals surface area contributed by atoms with Crippen LogP contribution in [0.5, 0.6) is 5.75 Å². The van der Waals surface area contributed by atoms with Gasteiger partial charge in [0.25, 0.3) is 0 Å². The van der Waals surface area contributed by atoms with Crippen molar-refractivity contribution >= 4 is 17.6 Å². The van der Waals surface area contributed by atoms with Gasteiger partial charge in [-0.3, -0.25) is 0 Å². The van der Waals surface area contributed by atoms with Crippen LogP contribution in [0, 0.1) is 5.92 Å². The Morgan fingerprint density at radius 1 is 1.50 bits per heavy atom. The summed E-state index contributed by atoms with van der Waals surface area (Å²) in [6.07, 6.45) is 2.78. The summed E-state index contributed by atoms with van der Waals surface area (Å²) >= 11 is 6.12. The molecule has 1 aromatic carbocycles. The molecule has 0 aliphatic carbocycles. The Morgan fingerprint density at radius 2 is 2.36 bits per heavy atom. The van der Waals surface area contributed by atoms with Crippen LogP contribution in [-0.4, -0.2) is 42.3 Å². The van der Waals surface area contributed by atoms with Crippen molar-refractivity contribution in [1.82, 2.24) is 10.2 Å². The standard InChI is InChI=1S/C16H21ClN2O3/c17-14-6-12-3-5-22-15(12)13(7-14)8-18-16(21)19-4-1-2-11(9-19)10-20/h6-7,11,20H,1-5,8-10H2,(H,18,21)/t11-/m0/s1. The van der Waals surface area contributed by atoms with Gasteiger partial charge in [0, 0.05) is 43.2 Å². The second kappa shape index (κ2) is 6.75. The molecule has 0 saturated carbocycles. The van der Waals surface area contributed by atoms with Gasteiger partial charge in [-0.1, -0.05) is 11.6 Å². The predicted octanol–water partition coefficient (Wildman–Crippen LogP) is 2.19. The number of aliphatic hydroxyl groups excluding tert-OH is 1. The Kier molecular flexibility index (Phi) is 4.74. The number of aliphatic hydroxyl groups is 1. The van der Waals surface area contributed by atoms with E-state index in [0.29, 0.717) is 24.7 Å². The lowest BCUT2D eigenvalue weighted by Crippen LogP contribution is -2.45. The van der Waals surface area contributed by atoms with E-state index in [1.54, 1.807) is 4.90 Å².